The maximum absolute atomic E-state index is 13.2. The minimum atomic E-state index is -0.360. The van der Waals surface area contributed by atoms with Crippen molar-refractivity contribution in [2.45, 2.75) is 32.1 Å². The summed E-state index contributed by atoms with van der Waals surface area (Å²) in [6.07, 6.45) is 5.56. The van der Waals surface area contributed by atoms with Gasteiger partial charge in [0.05, 0.1) is 11.4 Å². The molecule has 0 spiro atoms. The van der Waals surface area contributed by atoms with E-state index in [2.05, 4.69) is 16.3 Å². The number of carbonyl (C=O) groups excluding carboxylic acids is 2. The predicted molar refractivity (Wildman–Crippen MR) is 125 cm³/mol. The summed E-state index contributed by atoms with van der Waals surface area (Å²) in [4.78, 5) is 31.7. The van der Waals surface area contributed by atoms with E-state index in [0.717, 1.165) is 24.5 Å². The van der Waals surface area contributed by atoms with Gasteiger partial charge in [0.15, 0.2) is 0 Å². The average molecular weight is 439 g/mol. The molecule has 1 N–H and O–H groups in total. The molecule has 2 aliphatic rings. The van der Waals surface area contributed by atoms with Crippen LogP contribution in [-0.4, -0.2) is 61.0 Å². The molecule has 7 heteroatoms. The molecule has 0 aromatic heterocycles. The van der Waals surface area contributed by atoms with Gasteiger partial charge in [-0.15, -0.1) is 0 Å². The molecule has 0 aliphatic carbocycles. The van der Waals surface area contributed by atoms with E-state index in [4.69, 9.17) is 0 Å². The van der Waals surface area contributed by atoms with Crippen LogP contribution in [0, 0.1) is 5.82 Å². The molecule has 2 saturated heterocycles. The van der Waals surface area contributed by atoms with Crippen molar-refractivity contribution in [1.29, 1.82) is 0 Å². The molecule has 2 fully saturated rings. The van der Waals surface area contributed by atoms with E-state index >= 15 is 0 Å². The molecule has 0 atom stereocenters. The summed E-state index contributed by atoms with van der Waals surface area (Å²) in [5, 5.41) is 3.11. The highest BCUT2D eigenvalue weighted by Gasteiger charge is 2.24. The molecule has 0 bridgehead atoms. The third-order valence-corrected chi connectivity index (χ3v) is 6.25. The number of hydrogen-bond donors (Lipinski definition) is 1. The number of nitrogens with zero attached hydrogens (tertiary/aromatic N) is 3. The molecule has 0 unspecified atom stereocenters. The van der Waals surface area contributed by atoms with Crippen LogP contribution in [0.4, 0.5) is 20.6 Å². The largest absolute Gasteiger partial charge is 0.370 e. The van der Waals surface area contributed by atoms with Crippen molar-refractivity contribution in [3.05, 3.63) is 59.9 Å². The second kappa shape index (κ2) is 10.5. The Kier molecular flexibility index (Phi) is 7.24. The third kappa shape index (κ3) is 5.39. The van der Waals surface area contributed by atoms with E-state index in [1.54, 1.807) is 9.80 Å². The van der Waals surface area contributed by atoms with Crippen LogP contribution in [0.25, 0.3) is 0 Å². The maximum atomic E-state index is 13.2. The zero-order valence-corrected chi connectivity index (χ0v) is 18.4. The van der Waals surface area contributed by atoms with E-state index in [1.807, 2.05) is 18.2 Å². The molecule has 6 nitrogen and oxygen atoms in total. The van der Waals surface area contributed by atoms with Crippen molar-refractivity contribution in [2.75, 3.05) is 49.5 Å². The predicted octanol–water partition coefficient (Wildman–Crippen LogP) is 4.59. The Morgan fingerprint density at radius 3 is 2.12 bits per heavy atom. The van der Waals surface area contributed by atoms with Crippen molar-refractivity contribution in [3.8, 4) is 0 Å². The lowest BCUT2D eigenvalue weighted by Gasteiger charge is -2.27. The fraction of sp³-hybridized carbons (Fsp3) is 0.440. The first-order valence-electron chi connectivity index (χ1n) is 11.6. The fourth-order valence-corrected chi connectivity index (χ4v) is 4.46. The van der Waals surface area contributed by atoms with E-state index in [1.165, 1.54) is 49.9 Å². The smallest absolute Gasteiger partial charge is 0.321 e. The highest BCUT2D eigenvalue weighted by molar-refractivity contribution is 5.95. The molecule has 0 saturated carbocycles. The van der Waals surface area contributed by atoms with Crippen LogP contribution >= 0.6 is 0 Å². The molecule has 2 aromatic rings. The molecule has 4 rings (SSSR count). The third-order valence-electron chi connectivity index (χ3n) is 6.25. The monoisotopic (exact) mass is 438 g/mol. The first-order valence-corrected chi connectivity index (χ1v) is 11.6. The number of halogens is 1. The number of rotatable bonds is 3. The number of nitrogens with one attached hydrogen (secondary N) is 1. The van der Waals surface area contributed by atoms with Crippen molar-refractivity contribution >= 4 is 23.3 Å². The molecule has 2 heterocycles. The molecule has 3 amide bonds. The maximum Gasteiger partial charge on any atom is 0.321 e. The van der Waals surface area contributed by atoms with Gasteiger partial charge in [-0.25, -0.2) is 9.18 Å². The number of urea groups is 1. The Labute approximate surface area is 189 Å². The number of amides is 3. The summed E-state index contributed by atoms with van der Waals surface area (Å²) in [7, 11) is 0. The minimum Gasteiger partial charge on any atom is -0.370 e. The van der Waals surface area contributed by atoms with Gasteiger partial charge in [-0.2, -0.15) is 0 Å². The quantitative estimate of drug-likeness (QED) is 0.763. The highest BCUT2D eigenvalue weighted by atomic mass is 19.1. The number of benzene rings is 2. The van der Waals surface area contributed by atoms with Gasteiger partial charge < -0.3 is 20.0 Å². The summed E-state index contributed by atoms with van der Waals surface area (Å²) < 4.78 is 13.2. The van der Waals surface area contributed by atoms with Gasteiger partial charge in [0, 0.05) is 44.8 Å². The van der Waals surface area contributed by atoms with Gasteiger partial charge in [0.25, 0.3) is 5.91 Å². The van der Waals surface area contributed by atoms with Crippen molar-refractivity contribution < 1.29 is 14.0 Å². The molecule has 0 radical (unpaired) electrons. The zero-order valence-electron chi connectivity index (χ0n) is 18.4. The van der Waals surface area contributed by atoms with Crippen LogP contribution in [0.5, 0.6) is 0 Å². The van der Waals surface area contributed by atoms with Crippen molar-refractivity contribution in [1.82, 2.24) is 9.80 Å². The summed E-state index contributed by atoms with van der Waals surface area (Å²) in [6, 6.07) is 13.5. The van der Waals surface area contributed by atoms with E-state index in [0.29, 0.717) is 38.2 Å². The molecule has 2 aliphatic heterocycles. The standard InChI is InChI=1S/C25H31FN4O2/c26-21-12-10-20(11-13-21)24(31)29-16-7-17-30(19-18-29)25(32)27-22-8-3-4-9-23(22)28-14-5-1-2-6-15-28/h3-4,8-13H,1-2,5-7,14-19H2,(H,27,32). The molecular weight excluding hydrogens is 407 g/mol. The van der Waals surface area contributed by atoms with Crippen LogP contribution in [0.3, 0.4) is 0 Å². The number of hydrogen-bond acceptors (Lipinski definition) is 3. The van der Waals surface area contributed by atoms with Crippen LogP contribution in [-0.2, 0) is 0 Å². The fourth-order valence-electron chi connectivity index (χ4n) is 4.46. The lowest BCUT2D eigenvalue weighted by molar-refractivity contribution is 0.0762. The van der Waals surface area contributed by atoms with Gasteiger partial charge in [-0.3, -0.25) is 4.79 Å². The Bertz CT molecular complexity index is 926. The molecular formula is C25H31FN4O2. The summed E-state index contributed by atoms with van der Waals surface area (Å²) >= 11 is 0. The van der Waals surface area contributed by atoms with Gasteiger partial charge in [0.1, 0.15) is 5.82 Å². The van der Waals surface area contributed by atoms with Gasteiger partial charge >= 0.3 is 6.03 Å². The number of para-hydroxylation sites is 2. The van der Waals surface area contributed by atoms with Crippen molar-refractivity contribution in [3.63, 3.8) is 0 Å². The Balaban J connectivity index is 1.38. The van der Waals surface area contributed by atoms with E-state index in [9.17, 15) is 14.0 Å². The summed E-state index contributed by atoms with van der Waals surface area (Å²) in [5.41, 5.74) is 2.38. The first-order chi connectivity index (χ1) is 15.6. The summed E-state index contributed by atoms with van der Waals surface area (Å²) in [6.45, 7) is 4.10. The van der Waals surface area contributed by atoms with Crippen LogP contribution in [0.1, 0.15) is 42.5 Å². The Morgan fingerprint density at radius 2 is 1.38 bits per heavy atom. The van der Waals surface area contributed by atoms with Crippen LogP contribution in [0.2, 0.25) is 0 Å². The van der Waals surface area contributed by atoms with E-state index < -0.39 is 0 Å². The Hall–Kier alpha value is -3.09. The lowest BCUT2D eigenvalue weighted by Crippen LogP contribution is -2.39. The molecule has 2 aromatic carbocycles. The normalized spacial score (nSPS) is 17.5. The SMILES string of the molecule is O=C(Nc1ccccc1N1CCCCCC1)N1CCCN(C(=O)c2ccc(F)cc2)CC1. The van der Waals surface area contributed by atoms with E-state index in [-0.39, 0.29) is 17.8 Å². The second-order valence-electron chi connectivity index (χ2n) is 8.49. The Morgan fingerprint density at radius 1 is 0.719 bits per heavy atom. The molecule has 170 valence electrons. The second-order valence-corrected chi connectivity index (χ2v) is 8.49. The average Bonchev–Trinajstić information content (AvgIpc) is 3.23. The van der Waals surface area contributed by atoms with Gasteiger partial charge in [-0.1, -0.05) is 25.0 Å². The van der Waals surface area contributed by atoms with Crippen molar-refractivity contribution in [2.24, 2.45) is 0 Å². The number of anilines is 2. The lowest BCUT2D eigenvalue weighted by atomic mass is 10.2. The van der Waals surface area contributed by atoms with Gasteiger partial charge in [0.2, 0.25) is 0 Å². The molecule has 32 heavy (non-hydrogen) atoms. The minimum absolute atomic E-state index is 0.126. The first kappa shape index (κ1) is 22.1. The summed E-state index contributed by atoms with van der Waals surface area (Å²) in [5.74, 6) is -0.487. The van der Waals surface area contributed by atoms with Gasteiger partial charge in [-0.05, 0) is 55.7 Å². The van der Waals surface area contributed by atoms with Crippen LogP contribution in [0.15, 0.2) is 48.5 Å². The zero-order chi connectivity index (χ0) is 22.3. The van der Waals surface area contributed by atoms with Crippen LogP contribution < -0.4 is 10.2 Å². The highest BCUT2D eigenvalue weighted by Crippen LogP contribution is 2.28. The number of carbonyl (C=O) groups is 2. The topological polar surface area (TPSA) is 55.9 Å².